The summed E-state index contributed by atoms with van der Waals surface area (Å²) in [6, 6.07) is 10.5. The molecular formula is C18H14N4O3. The summed E-state index contributed by atoms with van der Waals surface area (Å²) in [4.78, 5) is 28.1. The van der Waals surface area contributed by atoms with Crippen LogP contribution in [0.5, 0.6) is 0 Å². The molecule has 2 heterocycles. The molecule has 3 rings (SSSR count). The van der Waals surface area contributed by atoms with E-state index in [2.05, 4.69) is 21.7 Å². The van der Waals surface area contributed by atoms with Crippen molar-refractivity contribution >= 4 is 29.0 Å². The summed E-state index contributed by atoms with van der Waals surface area (Å²) in [6.07, 6.45) is 2.89. The highest BCUT2D eigenvalue weighted by Crippen LogP contribution is 2.30. The van der Waals surface area contributed by atoms with Gasteiger partial charge in [0.25, 0.3) is 5.91 Å². The van der Waals surface area contributed by atoms with Crippen molar-refractivity contribution < 1.29 is 14.3 Å². The Hall–Kier alpha value is -3.66. The maximum Gasteiger partial charge on any atom is 0.339 e. The molecule has 1 aliphatic heterocycles. The number of benzene rings is 1. The van der Waals surface area contributed by atoms with Gasteiger partial charge in [0.15, 0.2) is 0 Å². The molecule has 0 aliphatic carbocycles. The first-order chi connectivity index (χ1) is 12.1. The van der Waals surface area contributed by atoms with Crippen LogP contribution in [0.15, 0.2) is 42.7 Å². The van der Waals surface area contributed by atoms with E-state index in [1.165, 1.54) is 12.4 Å². The van der Waals surface area contributed by atoms with Crippen molar-refractivity contribution in [1.82, 2.24) is 4.98 Å². The van der Waals surface area contributed by atoms with Crippen molar-refractivity contribution in [3.05, 3.63) is 59.4 Å². The van der Waals surface area contributed by atoms with Crippen molar-refractivity contribution in [2.45, 2.75) is 6.92 Å². The van der Waals surface area contributed by atoms with Crippen LogP contribution in [-0.2, 0) is 9.53 Å². The van der Waals surface area contributed by atoms with E-state index in [1.54, 1.807) is 37.3 Å². The predicted molar refractivity (Wildman–Crippen MR) is 91.6 cm³/mol. The largest absolute Gasteiger partial charge is 0.462 e. The second kappa shape index (κ2) is 6.84. The monoisotopic (exact) mass is 334 g/mol. The molecule has 124 valence electrons. The Morgan fingerprint density at radius 2 is 2.28 bits per heavy atom. The molecule has 0 unspecified atom stereocenters. The number of anilines is 2. The van der Waals surface area contributed by atoms with E-state index >= 15 is 0 Å². The molecule has 25 heavy (non-hydrogen) atoms. The van der Waals surface area contributed by atoms with Crippen molar-refractivity contribution in [2.24, 2.45) is 0 Å². The van der Waals surface area contributed by atoms with E-state index in [0.29, 0.717) is 28.2 Å². The molecule has 0 atom stereocenters. The van der Waals surface area contributed by atoms with E-state index < -0.39 is 5.97 Å². The van der Waals surface area contributed by atoms with Gasteiger partial charge in [-0.05, 0) is 31.2 Å². The lowest BCUT2D eigenvalue weighted by Gasteiger charge is -2.05. The lowest BCUT2D eigenvalue weighted by molar-refractivity contribution is -0.110. The first kappa shape index (κ1) is 16.2. The van der Waals surface area contributed by atoms with Gasteiger partial charge in [-0.25, -0.2) is 9.78 Å². The minimum Gasteiger partial charge on any atom is -0.462 e. The molecule has 1 aromatic heterocycles. The molecule has 7 nitrogen and oxygen atoms in total. The summed E-state index contributed by atoms with van der Waals surface area (Å²) in [5, 5.41) is 14.6. The molecule has 2 N–H and O–H groups in total. The third kappa shape index (κ3) is 3.33. The topological polar surface area (TPSA) is 104 Å². The third-order valence-electron chi connectivity index (χ3n) is 3.54. The number of pyridine rings is 1. The number of aromatic nitrogens is 1. The zero-order valence-electron chi connectivity index (χ0n) is 13.4. The Balaban J connectivity index is 1.90. The third-order valence-corrected chi connectivity index (χ3v) is 3.54. The molecular weight excluding hydrogens is 320 g/mol. The highest BCUT2D eigenvalue weighted by Gasteiger charge is 2.26. The molecule has 0 saturated carbocycles. The van der Waals surface area contributed by atoms with Gasteiger partial charge < -0.3 is 15.4 Å². The summed E-state index contributed by atoms with van der Waals surface area (Å²) < 4.78 is 4.95. The number of fused-ring (bicyclic) bond motifs is 1. The zero-order chi connectivity index (χ0) is 17.8. The summed E-state index contributed by atoms with van der Waals surface area (Å²) in [7, 11) is 0. The SMILES string of the molecule is CCOC(=O)c1cnc2c(c1)C(=CNc1cccc(C#N)c1)C(=O)N2. The smallest absolute Gasteiger partial charge is 0.339 e. The Labute approximate surface area is 143 Å². The van der Waals surface area contributed by atoms with Crippen LogP contribution in [0.1, 0.15) is 28.4 Å². The van der Waals surface area contributed by atoms with Crippen LogP contribution >= 0.6 is 0 Å². The van der Waals surface area contributed by atoms with E-state index in [0.717, 1.165) is 0 Å². The normalized spacial score (nSPS) is 13.8. The molecule has 0 fully saturated rings. The van der Waals surface area contributed by atoms with Gasteiger partial charge in [0.1, 0.15) is 5.82 Å². The van der Waals surface area contributed by atoms with Crippen molar-refractivity contribution in [1.29, 1.82) is 5.26 Å². The number of carbonyl (C=O) groups excluding carboxylic acids is 2. The fourth-order valence-corrected chi connectivity index (χ4v) is 2.37. The first-order valence-electron chi connectivity index (χ1n) is 7.58. The Kier molecular flexibility index (Phi) is 4.44. The minimum atomic E-state index is -0.494. The van der Waals surface area contributed by atoms with E-state index in [9.17, 15) is 9.59 Å². The number of nitrogens with zero attached hydrogens (tertiary/aromatic N) is 2. The van der Waals surface area contributed by atoms with Gasteiger partial charge in [0.05, 0.1) is 29.4 Å². The van der Waals surface area contributed by atoms with Crippen molar-refractivity contribution in [3.8, 4) is 6.07 Å². The highest BCUT2D eigenvalue weighted by atomic mass is 16.5. The molecule has 7 heteroatoms. The van der Waals surface area contributed by atoms with Gasteiger partial charge in [-0.2, -0.15) is 5.26 Å². The molecule has 2 aromatic rings. The van der Waals surface area contributed by atoms with E-state index in [1.807, 2.05) is 0 Å². The summed E-state index contributed by atoms with van der Waals surface area (Å²) >= 11 is 0. The Morgan fingerprint density at radius 1 is 1.44 bits per heavy atom. The number of amides is 1. The van der Waals surface area contributed by atoms with Crippen LogP contribution in [0.2, 0.25) is 0 Å². The van der Waals surface area contributed by atoms with E-state index in [4.69, 9.17) is 10.00 Å². The lowest BCUT2D eigenvalue weighted by atomic mass is 10.1. The number of ether oxygens (including phenoxy) is 1. The number of hydrogen-bond acceptors (Lipinski definition) is 6. The number of rotatable bonds is 4. The highest BCUT2D eigenvalue weighted by molar-refractivity contribution is 6.31. The molecule has 1 aromatic carbocycles. The van der Waals surface area contributed by atoms with Gasteiger partial charge in [-0.15, -0.1) is 0 Å². The Morgan fingerprint density at radius 3 is 3.04 bits per heavy atom. The lowest BCUT2D eigenvalue weighted by Crippen LogP contribution is -2.06. The molecule has 0 spiro atoms. The maximum atomic E-state index is 12.2. The van der Waals surface area contributed by atoms with Gasteiger partial charge in [0.2, 0.25) is 0 Å². The summed E-state index contributed by atoms with van der Waals surface area (Å²) in [6.45, 7) is 1.97. The number of nitrogens with one attached hydrogen (secondary N) is 2. The molecule has 0 radical (unpaired) electrons. The number of carbonyl (C=O) groups is 2. The van der Waals surface area contributed by atoms with E-state index in [-0.39, 0.29) is 18.1 Å². The van der Waals surface area contributed by atoms with Crippen LogP contribution in [0.4, 0.5) is 11.5 Å². The second-order valence-corrected chi connectivity index (χ2v) is 5.19. The van der Waals surface area contributed by atoms with Crippen LogP contribution < -0.4 is 10.6 Å². The van der Waals surface area contributed by atoms with Crippen LogP contribution in [0, 0.1) is 11.3 Å². The quantitative estimate of drug-likeness (QED) is 0.658. The minimum absolute atomic E-state index is 0.257. The van der Waals surface area contributed by atoms with Gasteiger partial charge in [0, 0.05) is 23.6 Å². The molecule has 0 saturated heterocycles. The zero-order valence-corrected chi connectivity index (χ0v) is 13.4. The second-order valence-electron chi connectivity index (χ2n) is 5.19. The molecule has 1 amide bonds. The summed E-state index contributed by atoms with van der Waals surface area (Å²) in [5.41, 5.74) is 2.30. The molecule has 1 aliphatic rings. The standard InChI is InChI=1S/C18H14N4O3/c1-2-25-18(24)12-7-14-15(17(23)22-16(14)21-9-12)10-20-13-5-3-4-11(6-13)8-19/h3-7,9-10,20H,2H2,1H3,(H,21,22,23). The predicted octanol–water partition coefficient (Wildman–Crippen LogP) is 2.54. The fourth-order valence-electron chi connectivity index (χ4n) is 2.37. The van der Waals surface area contributed by atoms with Gasteiger partial charge in [-0.3, -0.25) is 4.79 Å². The number of nitriles is 1. The maximum absolute atomic E-state index is 12.2. The average molecular weight is 334 g/mol. The summed E-state index contributed by atoms with van der Waals surface area (Å²) in [5.74, 6) is -0.435. The van der Waals surface area contributed by atoms with Crippen LogP contribution in [0.25, 0.3) is 5.57 Å². The van der Waals surface area contributed by atoms with Gasteiger partial charge >= 0.3 is 5.97 Å². The number of esters is 1. The van der Waals surface area contributed by atoms with Crippen molar-refractivity contribution in [2.75, 3.05) is 17.2 Å². The van der Waals surface area contributed by atoms with Crippen LogP contribution in [-0.4, -0.2) is 23.5 Å². The molecule has 0 bridgehead atoms. The van der Waals surface area contributed by atoms with Crippen molar-refractivity contribution in [3.63, 3.8) is 0 Å². The fraction of sp³-hybridized carbons (Fsp3) is 0.111. The van der Waals surface area contributed by atoms with Crippen LogP contribution in [0.3, 0.4) is 0 Å². The Bertz CT molecular complexity index is 928. The van der Waals surface area contributed by atoms with Gasteiger partial charge in [-0.1, -0.05) is 6.07 Å². The number of hydrogen-bond donors (Lipinski definition) is 2. The average Bonchev–Trinajstić information content (AvgIpc) is 2.94. The first-order valence-corrected chi connectivity index (χ1v) is 7.58.